The molecular weight excluding hydrogens is 381 g/mol. The van der Waals surface area contributed by atoms with E-state index in [-0.39, 0.29) is 11.5 Å². The third-order valence-corrected chi connectivity index (χ3v) is 3.73. The highest BCUT2D eigenvalue weighted by atomic mass is 35.5. The van der Waals surface area contributed by atoms with E-state index in [4.69, 9.17) is 32.7 Å². The fraction of sp³-hybridized carbons (Fsp3) is 0.111. The van der Waals surface area contributed by atoms with E-state index in [1.165, 1.54) is 25.3 Å². The number of hydrogen-bond donors (Lipinski definition) is 2. The van der Waals surface area contributed by atoms with Crippen LogP contribution >= 0.6 is 23.2 Å². The molecule has 0 unspecified atom stereocenters. The van der Waals surface area contributed by atoms with Crippen molar-refractivity contribution in [1.29, 1.82) is 0 Å². The number of phenols is 1. The summed E-state index contributed by atoms with van der Waals surface area (Å²) in [6.07, 6.45) is 2.63. The highest BCUT2D eigenvalue weighted by molar-refractivity contribution is 6.35. The number of hydrogen-bond acceptors (Lipinski definition) is 5. The lowest BCUT2D eigenvalue weighted by atomic mass is 10.2. The third-order valence-electron chi connectivity index (χ3n) is 3.16. The van der Waals surface area contributed by atoms with Crippen molar-refractivity contribution < 1.29 is 24.2 Å². The fourth-order valence-electron chi connectivity index (χ4n) is 1.93. The molecule has 0 aliphatic heterocycles. The van der Waals surface area contributed by atoms with Crippen LogP contribution in [-0.4, -0.2) is 30.7 Å². The van der Waals surface area contributed by atoms with Crippen molar-refractivity contribution in [3.63, 3.8) is 0 Å². The number of amides is 1. The van der Waals surface area contributed by atoms with Crippen molar-refractivity contribution in [1.82, 2.24) is 0 Å². The molecule has 2 aromatic rings. The molecule has 0 aromatic heterocycles. The van der Waals surface area contributed by atoms with E-state index in [9.17, 15) is 14.7 Å². The highest BCUT2D eigenvalue weighted by Gasteiger charge is 2.09. The maximum atomic E-state index is 11.8. The number of carbonyl (C=O) groups excluding carboxylic acids is 2. The van der Waals surface area contributed by atoms with Crippen LogP contribution in [0, 0.1) is 0 Å². The van der Waals surface area contributed by atoms with E-state index in [1.807, 2.05) is 0 Å². The van der Waals surface area contributed by atoms with Gasteiger partial charge in [0.15, 0.2) is 18.1 Å². The van der Waals surface area contributed by atoms with E-state index in [0.29, 0.717) is 21.3 Å². The Hall–Kier alpha value is -2.70. The molecule has 0 spiro atoms. The maximum Gasteiger partial charge on any atom is 0.331 e. The van der Waals surface area contributed by atoms with Crippen LogP contribution in [-0.2, 0) is 14.3 Å². The zero-order valence-electron chi connectivity index (χ0n) is 13.7. The van der Waals surface area contributed by atoms with Crippen molar-refractivity contribution in [2.45, 2.75) is 0 Å². The molecule has 0 radical (unpaired) electrons. The van der Waals surface area contributed by atoms with Gasteiger partial charge in [0.1, 0.15) is 0 Å². The molecule has 2 N–H and O–H groups in total. The number of carbonyl (C=O) groups is 2. The fourth-order valence-corrected chi connectivity index (χ4v) is 2.26. The van der Waals surface area contributed by atoms with Gasteiger partial charge >= 0.3 is 5.97 Å². The Bertz CT molecular complexity index is 851. The van der Waals surface area contributed by atoms with Crippen molar-refractivity contribution >= 4 is 46.8 Å². The molecule has 8 heteroatoms. The topological polar surface area (TPSA) is 84.9 Å². The van der Waals surface area contributed by atoms with Gasteiger partial charge in [-0.25, -0.2) is 4.79 Å². The van der Waals surface area contributed by atoms with Crippen LogP contribution in [0.2, 0.25) is 10.0 Å². The lowest BCUT2D eigenvalue weighted by molar-refractivity contribution is -0.142. The Morgan fingerprint density at radius 3 is 2.69 bits per heavy atom. The molecule has 26 heavy (non-hydrogen) atoms. The summed E-state index contributed by atoms with van der Waals surface area (Å²) in [7, 11) is 1.42. The van der Waals surface area contributed by atoms with Crippen LogP contribution in [0.1, 0.15) is 5.56 Å². The summed E-state index contributed by atoms with van der Waals surface area (Å²) >= 11 is 11.8. The first-order valence-electron chi connectivity index (χ1n) is 7.36. The van der Waals surface area contributed by atoms with Crippen LogP contribution in [0.4, 0.5) is 5.69 Å². The minimum Gasteiger partial charge on any atom is -0.504 e. The number of ether oxygens (including phenoxy) is 2. The Morgan fingerprint density at radius 1 is 1.19 bits per heavy atom. The van der Waals surface area contributed by atoms with Crippen molar-refractivity contribution in [3.8, 4) is 11.5 Å². The lowest BCUT2D eigenvalue weighted by Crippen LogP contribution is -2.20. The van der Waals surface area contributed by atoms with Crippen LogP contribution in [0.5, 0.6) is 11.5 Å². The minimum absolute atomic E-state index is 0.0106. The number of esters is 1. The van der Waals surface area contributed by atoms with Gasteiger partial charge in [0.05, 0.1) is 17.8 Å². The standard InChI is InChI=1S/C18H15Cl2NO5/c1-25-16-8-11(2-6-15(16)22)3-7-18(24)26-10-17(23)21-14-9-12(19)4-5-13(14)20/h2-9,22H,10H2,1H3,(H,21,23)/b7-3+. The molecule has 136 valence electrons. The van der Waals surface area contributed by atoms with E-state index in [1.54, 1.807) is 24.3 Å². The summed E-state index contributed by atoms with van der Waals surface area (Å²) in [5.74, 6) is -0.992. The largest absolute Gasteiger partial charge is 0.504 e. The van der Waals surface area contributed by atoms with Crippen molar-refractivity contribution in [2.75, 3.05) is 19.0 Å². The molecular formula is C18H15Cl2NO5. The second-order valence-corrected chi connectivity index (χ2v) is 5.89. The number of methoxy groups -OCH3 is 1. The third kappa shape index (κ3) is 5.68. The molecule has 2 aromatic carbocycles. The summed E-state index contributed by atoms with van der Waals surface area (Å²) in [5, 5.41) is 12.7. The summed E-state index contributed by atoms with van der Waals surface area (Å²) < 4.78 is 9.83. The SMILES string of the molecule is COc1cc(/C=C/C(=O)OCC(=O)Nc2cc(Cl)ccc2Cl)ccc1O. The minimum atomic E-state index is -0.704. The van der Waals surface area contributed by atoms with Crippen LogP contribution in [0.25, 0.3) is 6.08 Å². The van der Waals surface area contributed by atoms with Gasteiger partial charge < -0.3 is 19.9 Å². The Kier molecular flexibility index (Phi) is 6.89. The number of benzene rings is 2. The smallest absolute Gasteiger partial charge is 0.331 e. The Labute approximate surface area is 159 Å². The average molecular weight is 396 g/mol. The first kappa shape index (κ1) is 19.6. The number of phenolic OH excluding ortho intramolecular Hbond substituents is 1. The van der Waals surface area contributed by atoms with Gasteiger partial charge in [0.2, 0.25) is 0 Å². The Morgan fingerprint density at radius 2 is 1.96 bits per heavy atom. The monoisotopic (exact) mass is 395 g/mol. The molecule has 0 aliphatic rings. The van der Waals surface area contributed by atoms with Crippen LogP contribution < -0.4 is 10.1 Å². The number of halogens is 2. The molecule has 0 heterocycles. The normalized spacial score (nSPS) is 10.6. The number of anilines is 1. The van der Waals surface area contributed by atoms with Gasteiger partial charge in [0, 0.05) is 11.1 Å². The van der Waals surface area contributed by atoms with Gasteiger partial charge in [-0.15, -0.1) is 0 Å². The zero-order chi connectivity index (χ0) is 19.1. The second-order valence-electron chi connectivity index (χ2n) is 5.04. The molecule has 0 saturated heterocycles. The van der Waals surface area contributed by atoms with E-state index < -0.39 is 18.5 Å². The van der Waals surface area contributed by atoms with Gasteiger partial charge in [-0.3, -0.25) is 4.79 Å². The second kappa shape index (κ2) is 9.12. The zero-order valence-corrected chi connectivity index (χ0v) is 15.2. The molecule has 2 rings (SSSR count). The van der Waals surface area contributed by atoms with Crippen LogP contribution in [0.15, 0.2) is 42.5 Å². The molecule has 6 nitrogen and oxygen atoms in total. The number of rotatable bonds is 6. The first-order valence-corrected chi connectivity index (χ1v) is 8.11. The molecule has 1 amide bonds. The van der Waals surface area contributed by atoms with Gasteiger partial charge in [-0.1, -0.05) is 29.3 Å². The van der Waals surface area contributed by atoms with Gasteiger partial charge in [-0.2, -0.15) is 0 Å². The molecule has 0 bridgehead atoms. The van der Waals surface area contributed by atoms with Gasteiger partial charge in [0.25, 0.3) is 5.91 Å². The summed E-state index contributed by atoms with van der Waals surface area (Å²) in [6.45, 7) is -0.481. The molecule has 0 atom stereocenters. The number of nitrogens with one attached hydrogen (secondary N) is 1. The van der Waals surface area contributed by atoms with E-state index in [0.717, 1.165) is 6.08 Å². The average Bonchev–Trinajstić information content (AvgIpc) is 2.62. The first-order chi connectivity index (χ1) is 12.4. The van der Waals surface area contributed by atoms with Crippen molar-refractivity contribution in [3.05, 3.63) is 58.1 Å². The summed E-state index contributed by atoms with van der Waals surface area (Å²) in [6, 6.07) is 9.19. The number of aromatic hydroxyl groups is 1. The quantitative estimate of drug-likeness (QED) is 0.572. The van der Waals surface area contributed by atoms with E-state index >= 15 is 0 Å². The van der Waals surface area contributed by atoms with Crippen LogP contribution in [0.3, 0.4) is 0 Å². The van der Waals surface area contributed by atoms with E-state index in [2.05, 4.69) is 5.32 Å². The molecule has 0 saturated carbocycles. The van der Waals surface area contributed by atoms with Crippen molar-refractivity contribution in [2.24, 2.45) is 0 Å². The lowest BCUT2D eigenvalue weighted by Gasteiger charge is -2.07. The highest BCUT2D eigenvalue weighted by Crippen LogP contribution is 2.27. The summed E-state index contributed by atoms with van der Waals surface area (Å²) in [4.78, 5) is 23.5. The molecule has 0 fully saturated rings. The maximum absolute atomic E-state index is 11.8. The molecule has 0 aliphatic carbocycles. The van der Waals surface area contributed by atoms with Gasteiger partial charge in [-0.05, 0) is 42.0 Å². The summed E-state index contributed by atoms with van der Waals surface area (Å²) in [5.41, 5.74) is 0.943. The Balaban J connectivity index is 1.88. The predicted molar refractivity (Wildman–Crippen MR) is 99.7 cm³/mol. The predicted octanol–water partition coefficient (Wildman–Crippen LogP) is 3.90.